The maximum absolute atomic E-state index is 12.5. The molecule has 0 unspecified atom stereocenters. The molecular weight excluding hydrogens is 335 g/mol. The highest BCUT2D eigenvalue weighted by atomic mass is 19.4. The molecule has 0 radical (unpaired) electrons. The predicted molar refractivity (Wildman–Crippen MR) is 81.4 cm³/mol. The largest absolute Gasteiger partial charge is 0.471 e. The first-order chi connectivity index (χ1) is 11.9. The van der Waals surface area contributed by atoms with Crippen molar-refractivity contribution in [1.29, 1.82) is 0 Å². The van der Waals surface area contributed by atoms with E-state index in [-0.39, 0.29) is 17.8 Å². The summed E-state index contributed by atoms with van der Waals surface area (Å²) in [5.41, 5.74) is 0.825. The predicted octanol–water partition coefficient (Wildman–Crippen LogP) is 3.67. The summed E-state index contributed by atoms with van der Waals surface area (Å²) in [6.45, 7) is 0. The zero-order chi connectivity index (χ0) is 17.6. The maximum atomic E-state index is 12.5. The fourth-order valence-electron chi connectivity index (χ4n) is 2.99. The van der Waals surface area contributed by atoms with E-state index in [1.165, 1.54) is 37.8 Å². The van der Waals surface area contributed by atoms with Gasteiger partial charge in [-0.15, -0.1) is 0 Å². The van der Waals surface area contributed by atoms with E-state index in [0.717, 1.165) is 0 Å². The second kappa shape index (κ2) is 5.86. The normalized spacial score (nSPS) is 17.8. The summed E-state index contributed by atoms with van der Waals surface area (Å²) in [6, 6.07) is 6.40. The fraction of sp³-hybridized carbons (Fsp3) is 0.471. The quantitative estimate of drug-likeness (QED) is 0.892. The van der Waals surface area contributed by atoms with E-state index in [0.29, 0.717) is 23.0 Å². The molecule has 2 aliphatic carbocycles. The van der Waals surface area contributed by atoms with Gasteiger partial charge in [0.2, 0.25) is 5.82 Å². The molecule has 1 aromatic heterocycles. The zero-order valence-electron chi connectivity index (χ0n) is 13.2. The molecule has 0 bridgehead atoms. The summed E-state index contributed by atoms with van der Waals surface area (Å²) in [5, 5.41) is 6.44. The number of hydrogen-bond donors (Lipinski definition) is 1. The van der Waals surface area contributed by atoms with E-state index in [2.05, 4.69) is 20.0 Å². The van der Waals surface area contributed by atoms with Gasteiger partial charge in [-0.05, 0) is 49.7 Å². The third kappa shape index (κ3) is 3.52. The van der Waals surface area contributed by atoms with Gasteiger partial charge in [0.15, 0.2) is 0 Å². The highest BCUT2D eigenvalue weighted by molar-refractivity contribution is 5.94. The van der Waals surface area contributed by atoms with Crippen LogP contribution in [0.15, 0.2) is 28.8 Å². The Balaban J connectivity index is 1.46. The van der Waals surface area contributed by atoms with Crippen molar-refractivity contribution in [3.8, 4) is 11.4 Å². The zero-order valence-corrected chi connectivity index (χ0v) is 13.2. The van der Waals surface area contributed by atoms with Gasteiger partial charge in [-0.3, -0.25) is 4.79 Å². The molecule has 1 amide bonds. The molecule has 8 heteroatoms. The minimum atomic E-state index is -4.67. The molecule has 132 valence electrons. The first-order valence-corrected chi connectivity index (χ1v) is 8.24. The van der Waals surface area contributed by atoms with Crippen LogP contribution in [0.2, 0.25) is 0 Å². The first-order valence-electron chi connectivity index (χ1n) is 8.24. The van der Waals surface area contributed by atoms with Crippen molar-refractivity contribution in [3.63, 3.8) is 0 Å². The third-order valence-electron chi connectivity index (χ3n) is 4.63. The van der Waals surface area contributed by atoms with Gasteiger partial charge in [0.05, 0.1) is 0 Å². The number of benzene rings is 1. The van der Waals surface area contributed by atoms with Crippen LogP contribution >= 0.6 is 0 Å². The number of alkyl halides is 3. The Kier molecular flexibility index (Phi) is 3.77. The van der Waals surface area contributed by atoms with Crippen molar-refractivity contribution in [2.45, 2.75) is 37.9 Å². The van der Waals surface area contributed by atoms with Crippen molar-refractivity contribution in [2.24, 2.45) is 11.8 Å². The van der Waals surface area contributed by atoms with Gasteiger partial charge in [-0.1, -0.05) is 17.3 Å². The molecule has 1 heterocycles. The smallest absolute Gasteiger partial charge is 0.349 e. The standard InChI is InChI=1S/C17H16F3N3O2/c18-17(19,20)16-22-14(23-25-16)11-5-7-12(8-6-11)15(24)21-13(9-1-2-9)10-3-4-10/h5-10,13H,1-4H2,(H,21,24). The summed E-state index contributed by atoms with van der Waals surface area (Å²) in [7, 11) is 0. The average Bonchev–Trinajstić information content (AvgIpc) is 3.50. The van der Waals surface area contributed by atoms with Crippen LogP contribution in [0.4, 0.5) is 13.2 Å². The lowest BCUT2D eigenvalue weighted by atomic mass is 10.1. The Morgan fingerprint density at radius 2 is 1.72 bits per heavy atom. The first kappa shape index (κ1) is 16.1. The van der Waals surface area contributed by atoms with Gasteiger partial charge in [0.25, 0.3) is 5.91 Å². The van der Waals surface area contributed by atoms with Gasteiger partial charge < -0.3 is 9.84 Å². The van der Waals surface area contributed by atoms with Crippen molar-refractivity contribution >= 4 is 5.91 Å². The van der Waals surface area contributed by atoms with E-state index in [4.69, 9.17) is 0 Å². The number of carbonyl (C=O) groups is 1. The van der Waals surface area contributed by atoms with E-state index in [1.807, 2.05) is 0 Å². The molecule has 0 spiro atoms. The lowest BCUT2D eigenvalue weighted by molar-refractivity contribution is -0.159. The molecule has 2 fully saturated rings. The number of aromatic nitrogens is 2. The van der Waals surface area contributed by atoms with Gasteiger partial charge in [0.1, 0.15) is 0 Å². The second-order valence-corrected chi connectivity index (χ2v) is 6.67. The van der Waals surface area contributed by atoms with Gasteiger partial charge in [0, 0.05) is 17.2 Å². The molecular formula is C17H16F3N3O2. The Labute approximate surface area is 141 Å². The minimum Gasteiger partial charge on any atom is -0.349 e. The van der Waals surface area contributed by atoms with E-state index in [1.54, 1.807) is 12.1 Å². The molecule has 2 aromatic rings. The number of hydrogen-bond acceptors (Lipinski definition) is 4. The van der Waals surface area contributed by atoms with Crippen LogP contribution in [0.1, 0.15) is 41.9 Å². The Morgan fingerprint density at radius 1 is 1.12 bits per heavy atom. The van der Waals surface area contributed by atoms with Crippen LogP contribution < -0.4 is 5.32 Å². The molecule has 5 nitrogen and oxygen atoms in total. The van der Waals surface area contributed by atoms with Gasteiger partial charge >= 0.3 is 12.1 Å². The van der Waals surface area contributed by atoms with Crippen LogP contribution in [0.3, 0.4) is 0 Å². The average molecular weight is 351 g/mol. The van der Waals surface area contributed by atoms with Crippen LogP contribution in [0.5, 0.6) is 0 Å². The second-order valence-electron chi connectivity index (χ2n) is 6.67. The number of carbonyl (C=O) groups excluding carboxylic acids is 1. The van der Waals surface area contributed by atoms with E-state index >= 15 is 0 Å². The number of nitrogens with zero attached hydrogens (tertiary/aromatic N) is 2. The van der Waals surface area contributed by atoms with Crippen LogP contribution in [-0.2, 0) is 6.18 Å². The van der Waals surface area contributed by atoms with Crippen molar-refractivity contribution in [2.75, 3.05) is 0 Å². The van der Waals surface area contributed by atoms with Crippen LogP contribution in [-0.4, -0.2) is 22.1 Å². The minimum absolute atomic E-state index is 0.153. The van der Waals surface area contributed by atoms with Crippen LogP contribution in [0.25, 0.3) is 11.4 Å². The number of nitrogens with one attached hydrogen (secondary N) is 1. The Hall–Kier alpha value is -2.38. The molecule has 0 atom stereocenters. The van der Waals surface area contributed by atoms with Crippen molar-refractivity contribution in [3.05, 3.63) is 35.7 Å². The van der Waals surface area contributed by atoms with Crippen molar-refractivity contribution < 1.29 is 22.5 Å². The number of halogens is 3. The summed E-state index contributed by atoms with van der Waals surface area (Å²) in [5.74, 6) is -0.514. The number of amides is 1. The summed E-state index contributed by atoms with van der Waals surface area (Å²) in [6.07, 6.45) is -0.00921. The summed E-state index contributed by atoms with van der Waals surface area (Å²) < 4.78 is 41.7. The summed E-state index contributed by atoms with van der Waals surface area (Å²) in [4.78, 5) is 15.7. The number of rotatable bonds is 5. The maximum Gasteiger partial charge on any atom is 0.471 e. The topological polar surface area (TPSA) is 68.0 Å². The van der Waals surface area contributed by atoms with E-state index in [9.17, 15) is 18.0 Å². The summed E-state index contributed by atoms with van der Waals surface area (Å²) >= 11 is 0. The third-order valence-corrected chi connectivity index (χ3v) is 4.63. The lowest BCUT2D eigenvalue weighted by Gasteiger charge is -2.17. The van der Waals surface area contributed by atoms with Gasteiger partial charge in [-0.25, -0.2) is 0 Å². The Bertz CT molecular complexity index is 765. The molecule has 25 heavy (non-hydrogen) atoms. The molecule has 2 saturated carbocycles. The highest BCUT2D eigenvalue weighted by Gasteiger charge is 2.42. The Morgan fingerprint density at radius 3 is 2.20 bits per heavy atom. The van der Waals surface area contributed by atoms with Crippen LogP contribution in [0, 0.1) is 11.8 Å². The molecule has 2 aliphatic rings. The molecule has 4 rings (SSSR count). The van der Waals surface area contributed by atoms with Crippen molar-refractivity contribution in [1.82, 2.24) is 15.5 Å². The molecule has 0 saturated heterocycles. The molecule has 0 aliphatic heterocycles. The van der Waals surface area contributed by atoms with E-state index < -0.39 is 12.1 Å². The monoisotopic (exact) mass is 351 g/mol. The molecule has 1 N–H and O–H groups in total. The molecule has 1 aromatic carbocycles. The highest BCUT2D eigenvalue weighted by Crippen LogP contribution is 2.44. The SMILES string of the molecule is O=C(NC(C1CC1)C1CC1)c1ccc(-c2noc(C(F)(F)F)n2)cc1. The lowest BCUT2D eigenvalue weighted by Crippen LogP contribution is -2.38. The fourth-order valence-corrected chi connectivity index (χ4v) is 2.99. The van der Waals surface area contributed by atoms with Gasteiger partial charge in [-0.2, -0.15) is 18.2 Å².